The van der Waals surface area contributed by atoms with Crippen LogP contribution >= 0.6 is 11.3 Å². The van der Waals surface area contributed by atoms with E-state index in [9.17, 15) is 9.59 Å². The second-order valence-electron chi connectivity index (χ2n) is 8.36. The molecule has 0 aliphatic rings. The highest BCUT2D eigenvalue weighted by Crippen LogP contribution is 2.23. The van der Waals surface area contributed by atoms with E-state index >= 15 is 0 Å². The average Bonchev–Trinajstić information content (AvgIpc) is 3.23. The van der Waals surface area contributed by atoms with Crippen LogP contribution in [0.25, 0.3) is 10.9 Å². The standard InChI is InChI=1S/C25H26N4O3S/c1-15(2)12-22(24-28-29-25(31)33-24)27-23(30)17-8-10-19(11-9-17)32-14-18-13-16(3)26-21-7-5-4-6-20(18)21/h4-11,13,15,22H,12,14H2,1-3H3,(H,27,30)(H,29,31)/t22-/m0/s1. The summed E-state index contributed by atoms with van der Waals surface area (Å²) >= 11 is 1.02. The number of ether oxygens (including phenoxy) is 1. The van der Waals surface area contributed by atoms with Gasteiger partial charge in [-0.3, -0.25) is 14.6 Å². The third-order valence-electron chi connectivity index (χ3n) is 5.21. The number of nitrogens with zero attached hydrogens (tertiary/aromatic N) is 2. The SMILES string of the molecule is Cc1cc(COc2ccc(C(=O)N[C@@H](CC(C)C)c3n[nH]c(=O)s3)cc2)c2ccccc2n1. The molecule has 2 aromatic carbocycles. The van der Waals surface area contributed by atoms with Gasteiger partial charge in [0.25, 0.3) is 5.91 Å². The van der Waals surface area contributed by atoms with Crippen molar-refractivity contribution in [3.8, 4) is 5.75 Å². The number of rotatable bonds is 8. The van der Waals surface area contributed by atoms with Crippen LogP contribution in [0.1, 0.15) is 52.9 Å². The summed E-state index contributed by atoms with van der Waals surface area (Å²) < 4.78 is 5.99. The van der Waals surface area contributed by atoms with Crippen LogP contribution in [0, 0.1) is 12.8 Å². The molecule has 7 nitrogen and oxygen atoms in total. The lowest BCUT2D eigenvalue weighted by Gasteiger charge is -2.18. The van der Waals surface area contributed by atoms with Gasteiger partial charge in [-0.1, -0.05) is 43.4 Å². The number of carbonyl (C=O) groups excluding carboxylic acids is 1. The Morgan fingerprint density at radius 1 is 1.15 bits per heavy atom. The van der Waals surface area contributed by atoms with E-state index < -0.39 is 0 Å². The number of H-pyrrole nitrogens is 1. The quantitative estimate of drug-likeness (QED) is 0.393. The van der Waals surface area contributed by atoms with Gasteiger partial charge in [-0.25, -0.2) is 5.10 Å². The molecule has 0 aliphatic carbocycles. The molecule has 4 aromatic rings. The Labute approximate surface area is 195 Å². The van der Waals surface area contributed by atoms with Gasteiger partial charge in [0.1, 0.15) is 17.4 Å². The lowest BCUT2D eigenvalue weighted by Crippen LogP contribution is -2.29. The van der Waals surface area contributed by atoms with E-state index in [1.54, 1.807) is 24.3 Å². The van der Waals surface area contributed by atoms with Crippen LogP contribution in [0.15, 0.2) is 59.4 Å². The number of amides is 1. The maximum Gasteiger partial charge on any atom is 0.322 e. The van der Waals surface area contributed by atoms with Crippen LogP contribution < -0.4 is 14.9 Å². The zero-order valence-corrected chi connectivity index (χ0v) is 19.6. The molecule has 0 saturated heterocycles. The Kier molecular flexibility index (Phi) is 6.84. The zero-order valence-electron chi connectivity index (χ0n) is 18.8. The van der Waals surface area contributed by atoms with Gasteiger partial charge < -0.3 is 10.1 Å². The van der Waals surface area contributed by atoms with Gasteiger partial charge in [-0.15, -0.1) is 0 Å². The molecule has 2 N–H and O–H groups in total. The number of nitrogens with one attached hydrogen (secondary N) is 2. The number of pyridine rings is 1. The van der Waals surface area contributed by atoms with Crippen molar-refractivity contribution in [2.45, 2.75) is 39.8 Å². The normalized spacial score (nSPS) is 12.1. The number of aryl methyl sites for hydroxylation is 1. The van der Waals surface area contributed by atoms with E-state index in [2.05, 4.69) is 34.3 Å². The number of fused-ring (bicyclic) bond motifs is 1. The van der Waals surface area contributed by atoms with E-state index in [-0.39, 0.29) is 16.8 Å². The second kappa shape index (κ2) is 9.95. The number of para-hydroxylation sites is 1. The van der Waals surface area contributed by atoms with Crippen molar-refractivity contribution >= 4 is 28.1 Å². The summed E-state index contributed by atoms with van der Waals surface area (Å²) in [5, 5.41) is 11.1. The Bertz CT molecular complexity index is 1310. The van der Waals surface area contributed by atoms with Crippen LogP contribution in [-0.2, 0) is 6.61 Å². The minimum atomic E-state index is -0.319. The first-order valence-corrected chi connectivity index (χ1v) is 11.6. The van der Waals surface area contributed by atoms with Gasteiger partial charge in [0.15, 0.2) is 0 Å². The van der Waals surface area contributed by atoms with Crippen LogP contribution in [0.2, 0.25) is 0 Å². The minimum Gasteiger partial charge on any atom is -0.489 e. The maximum atomic E-state index is 12.8. The first-order valence-electron chi connectivity index (χ1n) is 10.8. The zero-order chi connectivity index (χ0) is 23.4. The molecule has 170 valence electrons. The summed E-state index contributed by atoms with van der Waals surface area (Å²) in [6.07, 6.45) is 0.688. The van der Waals surface area contributed by atoms with Crippen LogP contribution in [-0.4, -0.2) is 21.1 Å². The predicted octanol–water partition coefficient (Wildman–Crippen LogP) is 4.78. The highest BCUT2D eigenvalue weighted by Gasteiger charge is 2.20. The molecule has 1 atom stereocenters. The molecule has 33 heavy (non-hydrogen) atoms. The largest absolute Gasteiger partial charge is 0.489 e. The summed E-state index contributed by atoms with van der Waals surface area (Å²) in [6, 6.07) is 16.8. The highest BCUT2D eigenvalue weighted by molar-refractivity contribution is 7.08. The lowest BCUT2D eigenvalue weighted by atomic mass is 10.0. The monoisotopic (exact) mass is 462 g/mol. The topological polar surface area (TPSA) is 97.0 Å². The maximum absolute atomic E-state index is 12.8. The number of aromatic nitrogens is 3. The summed E-state index contributed by atoms with van der Waals surface area (Å²) in [4.78, 5) is 28.7. The van der Waals surface area contributed by atoms with Gasteiger partial charge in [0, 0.05) is 22.2 Å². The van der Waals surface area contributed by atoms with E-state index in [4.69, 9.17) is 4.74 Å². The number of hydrogen-bond donors (Lipinski definition) is 2. The fraction of sp³-hybridized carbons (Fsp3) is 0.280. The van der Waals surface area contributed by atoms with Crippen molar-refractivity contribution in [2.24, 2.45) is 5.92 Å². The summed E-state index contributed by atoms with van der Waals surface area (Å²) in [6.45, 7) is 6.50. The van der Waals surface area contributed by atoms with Gasteiger partial charge in [-0.2, -0.15) is 5.10 Å². The van der Waals surface area contributed by atoms with E-state index in [1.807, 2.05) is 37.3 Å². The third kappa shape index (κ3) is 5.64. The molecule has 4 rings (SSSR count). The number of benzene rings is 2. The first kappa shape index (κ1) is 22.7. The molecule has 0 spiro atoms. The average molecular weight is 463 g/mol. The van der Waals surface area contributed by atoms with Gasteiger partial charge in [-0.05, 0) is 55.7 Å². The van der Waals surface area contributed by atoms with Crippen molar-refractivity contribution in [1.29, 1.82) is 0 Å². The first-order chi connectivity index (χ1) is 15.9. The van der Waals surface area contributed by atoms with E-state index in [0.717, 1.165) is 33.5 Å². The van der Waals surface area contributed by atoms with Gasteiger partial charge in [0.2, 0.25) is 0 Å². The molecule has 0 saturated carbocycles. The molecule has 0 unspecified atom stereocenters. The van der Waals surface area contributed by atoms with Crippen molar-refractivity contribution < 1.29 is 9.53 Å². The fourth-order valence-corrected chi connectivity index (χ4v) is 4.37. The van der Waals surface area contributed by atoms with E-state index in [1.165, 1.54) is 0 Å². The predicted molar refractivity (Wildman–Crippen MR) is 130 cm³/mol. The molecule has 2 aromatic heterocycles. The smallest absolute Gasteiger partial charge is 0.322 e. The molecule has 2 heterocycles. The van der Waals surface area contributed by atoms with Gasteiger partial charge >= 0.3 is 4.87 Å². The number of hydrogen-bond acceptors (Lipinski definition) is 6. The fourth-order valence-electron chi connectivity index (χ4n) is 3.70. The molecule has 8 heteroatoms. The Hall–Kier alpha value is -3.52. The van der Waals surface area contributed by atoms with Crippen molar-refractivity contribution in [3.63, 3.8) is 0 Å². The summed E-state index contributed by atoms with van der Waals surface area (Å²) in [5.41, 5.74) is 3.47. The molecule has 0 radical (unpaired) electrons. The van der Waals surface area contributed by atoms with E-state index in [0.29, 0.717) is 35.3 Å². The molecule has 0 bridgehead atoms. The Morgan fingerprint density at radius 2 is 1.91 bits per heavy atom. The molecule has 0 fully saturated rings. The van der Waals surface area contributed by atoms with Crippen LogP contribution in [0.5, 0.6) is 5.75 Å². The van der Waals surface area contributed by atoms with Crippen LogP contribution in [0.4, 0.5) is 0 Å². The number of carbonyl (C=O) groups is 1. The molecule has 0 aliphatic heterocycles. The molecular weight excluding hydrogens is 436 g/mol. The lowest BCUT2D eigenvalue weighted by molar-refractivity contribution is 0.0931. The Balaban J connectivity index is 1.43. The van der Waals surface area contributed by atoms with Gasteiger partial charge in [0.05, 0.1) is 11.6 Å². The molecule has 1 amide bonds. The third-order valence-corrected chi connectivity index (χ3v) is 6.07. The molecular formula is C25H26N4O3S. The van der Waals surface area contributed by atoms with Crippen molar-refractivity contribution in [3.05, 3.63) is 86.1 Å². The minimum absolute atomic E-state index is 0.217. The number of aromatic amines is 1. The van der Waals surface area contributed by atoms with Crippen molar-refractivity contribution in [1.82, 2.24) is 20.5 Å². The Morgan fingerprint density at radius 3 is 2.61 bits per heavy atom. The van der Waals surface area contributed by atoms with Crippen LogP contribution in [0.3, 0.4) is 0 Å². The highest BCUT2D eigenvalue weighted by atomic mass is 32.1. The van der Waals surface area contributed by atoms with Crippen molar-refractivity contribution in [2.75, 3.05) is 0 Å². The summed E-state index contributed by atoms with van der Waals surface area (Å²) in [7, 11) is 0. The summed E-state index contributed by atoms with van der Waals surface area (Å²) in [5.74, 6) is 0.790. The second-order valence-corrected chi connectivity index (χ2v) is 9.35.